The van der Waals surface area contributed by atoms with Crippen molar-refractivity contribution in [1.82, 2.24) is 5.32 Å². The van der Waals surface area contributed by atoms with Gasteiger partial charge in [0.15, 0.2) is 17.6 Å². The highest BCUT2D eigenvalue weighted by atomic mass is 35.5. The normalized spacial score (nSPS) is 17.7. The zero-order valence-corrected chi connectivity index (χ0v) is 16.2. The lowest BCUT2D eigenvalue weighted by Gasteiger charge is -2.32. The molecule has 5 nitrogen and oxygen atoms in total. The van der Waals surface area contributed by atoms with E-state index in [1.54, 1.807) is 14.2 Å². The molecule has 0 bridgehead atoms. The quantitative estimate of drug-likeness (QED) is 0.831. The maximum atomic E-state index is 6.37. The molecular formula is C20H26ClNO4. The van der Waals surface area contributed by atoms with Crippen molar-refractivity contribution in [1.29, 1.82) is 0 Å². The molecule has 0 spiro atoms. The lowest BCUT2D eigenvalue weighted by Crippen LogP contribution is -2.43. The number of methoxy groups -OCH3 is 2. The van der Waals surface area contributed by atoms with Crippen LogP contribution in [0.1, 0.15) is 17.2 Å². The number of nitrogens with one attached hydrogen (secondary N) is 1. The molecule has 0 radical (unpaired) electrons. The fourth-order valence-corrected chi connectivity index (χ4v) is 2.99. The van der Waals surface area contributed by atoms with Crippen LogP contribution in [0.5, 0.6) is 17.2 Å². The summed E-state index contributed by atoms with van der Waals surface area (Å²) in [6.07, 6.45) is -0.294. The van der Waals surface area contributed by atoms with Crippen molar-refractivity contribution in [3.8, 4) is 17.2 Å². The average Bonchev–Trinajstić information content (AvgIpc) is 2.66. The highest BCUT2D eigenvalue weighted by Gasteiger charge is 2.29. The lowest BCUT2D eigenvalue weighted by atomic mass is 10.0. The third-order valence-corrected chi connectivity index (χ3v) is 4.29. The van der Waals surface area contributed by atoms with Crippen LogP contribution < -0.4 is 19.5 Å². The molecule has 0 aromatic heterocycles. The predicted molar refractivity (Wildman–Crippen MR) is 104 cm³/mol. The van der Waals surface area contributed by atoms with Gasteiger partial charge in [0.1, 0.15) is 11.9 Å². The number of hydrogen-bond acceptors (Lipinski definition) is 5. The molecular weight excluding hydrogens is 354 g/mol. The van der Waals surface area contributed by atoms with E-state index in [2.05, 4.69) is 30.4 Å². The van der Waals surface area contributed by atoms with Gasteiger partial charge in [-0.1, -0.05) is 29.8 Å². The van der Waals surface area contributed by atoms with Crippen LogP contribution in [0, 0.1) is 6.92 Å². The molecule has 1 heterocycles. The summed E-state index contributed by atoms with van der Waals surface area (Å²) in [6.45, 7) is 4.37. The number of morpholine rings is 1. The topological polar surface area (TPSA) is 49.0 Å². The summed E-state index contributed by atoms with van der Waals surface area (Å²) >= 11 is 0. The van der Waals surface area contributed by atoms with Crippen LogP contribution >= 0.6 is 12.4 Å². The first kappa shape index (κ1) is 20.4. The van der Waals surface area contributed by atoms with Crippen LogP contribution in [0.25, 0.3) is 0 Å². The molecule has 1 aliphatic heterocycles. The largest absolute Gasteiger partial charge is 0.497 e. The standard InChI is InChI=1S/C20H25NO4.ClH/c1-14-5-4-6-15(11-14)20(19-13-21-9-10-24-19)25-17-8-7-16(22-2)12-18(17)23-3;/h4-8,11-12,19-21H,9-10,13H2,1-3H3;1H/t19-,20?;/m0./s1. The molecule has 1 fully saturated rings. The van der Waals surface area contributed by atoms with Crippen molar-refractivity contribution in [2.24, 2.45) is 0 Å². The number of benzene rings is 2. The van der Waals surface area contributed by atoms with Crippen LogP contribution in [0.15, 0.2) is 42.5 Å². The summed E-state index contributed by atoms with van der Waals surface area (Å²) < 4.78 is 23.1. The number of halogens is 1. The molecule has 0 amide bonds. The lowest BCUT2D eigenvalue weighted by molar-refractivity contribution is -0.0438. The molecule has 2 aromatic carbocycles. The molecule has 26 heavy (non-hydrogen) atoms. The van der Waals surface area contributed by atoms with E-state index in [0.29, 0.717) is 18.1 Å². The van der Waals surface area contributed by atoms with E-state index in [9.17, 15) is 0 Å². The maximum absolute atomic E-state index is 6.37. The van der Waals surface area contributed by atoms with Crippen molar-refractivity contribution in [3.05, 3.63) is 53.6 Å². The molecule has 1 N–H and O–H groups in total. The SMILES string of the molecule is COc1ccc(OC(c2cccc(C)c2)[C@@H]2CNCCO2)c(OC)c1.Cl. The van der Waals surface area contributed by atoms with E-state index in [-0.39, 0.29) is 24.6 Å². The van der Waals surface area contributed by atoms with E-state index >= 15 is 0 Å². The van der Waals surface area contributed by atoms with Crippen molar-refractivity contribution in [2.45, 2.75) is 19.1 Å². The summed E-state index contributed by atoms with van der Waals surface area (Å²) in [5.74, 6) is 2.04. The van der Waals surface area contributed by atoms with Crippen molar-refractivity contribution < 1.29 is 18.9 Å². The third kappa shape index (κ3) is 4.81. The highest BCUT2D eigenvalue weighted by Crippen LogP contribution is 2.36. The minimum absolute atomic E-state index is 0. The van der Waals surface area contributed by atoms with E-state index in [4.69, 9.17) is 18.9 Å². The van der Waals surface area contributed by atoms with Gasteiger partial charge in [-0.2, -0.15) is 0 Å². The summed E-state index contributed by atoms with van der Waals surface area (Å²) in [6, 6.07) is 13.9. The van der Waals surface area contributed by atoms with Gasteiger partial charge in [-0.25, -0.2) is 0 Å². The molecule has 6 heteroatoms. The second-order valence-corrected chi connectivity index (χ2v) is 6.08. The van der Waals surface area contributed by atoms with Gasteiger partial charge in [-0.15, -0.1) is 12.4 Å². The molecule has 2 atom stereocenters. The van der Waals surface area contributed by atoms with Gasteiger partial charge in [0.25, 0.3) is 0 Å². The van der Waals surface area contributed by atoms with Crippen molar-refractivity contribution in [3.63, 3.8) is 0 Å². The summed E-state index contributed by atoms with van der Waals surface area (Å²) in [5.41, 5.74) is 2.28. The Kier molecular flexibility index (Phi) is 7.57. The summed E-state index contributed by atoms with van der Waals surface area (Å²) in [5, 5.41) is 3.38. The van der Waals surface area contributed by atoms with Gasteiger partial charge < -0.3 is 24.3 Å². The Morgan fingerprint density at radius 3 is 2.58 bits per heavy atom. The predicted octanol–water partition coefficient (Wildman–Crippen LogP) is 3.54. The Labute approximate surface area is 161 Å². The third-order valence-electron chi connectivity index (χ3n) is 4.29. The molecule has 0 saturated carbocycles. The first-order valence-corrected chi connectivity index (χ1v) is 8.49. The van der Waals surface area contributed by atoms with Crippen LogP contribution in [0.3, 0.4) is 0 Å². The van der Waals surface area contributed by atoms with Crippen molar-refractivity contribution >= 4 is 12.4 Å². The van der Waals surface area contributed by atoms with Gasteiger partial charge in [0, 0.05) is 19.2 Å². The first-order valence-electron chi connectivity index (χ1n) is 8.49. The highest BCUT2D eigenvalue weighted by molar-refractivity contribution is 5.85. The minimum atomic E-state index is -0.227. The van der Waals surface area contributed by atoms with Crippen LogP contribution in [-0.2, 0) is 4.74 Å². The van der Waals surface area contributed by atoms with Crippen LogP contribution in [-0.4, -0.2) is 40.0 Å². The van der Waals surface area contributed by atoms with Gasteiger partial charge in [-0.3, -0.25) is 0 Å². The molecule has 2 aromatic rings. The Morgan fingerprint density at radius 2 is 1.92 bits per heavy atom. The Morgan fingerprint density at radius 1 is 1.08 bits per heavy atom. The molecule has 1 aliphatic rings. The number of rotatable bonds is 6. The number of aryl methyl sites for hydroxylation is 1. The molecule has 0 aliphatic carbocycles. The Bertz CT molecular complexity index is 704. The van der Waals surface area contributed by atoms with Gasteiger partial charge in [0.2, 0.25) is 0 Å². The maximum Gasteiger partial charge on any atom is 0.164 e. The first-order chi connectivity index (χ1) is 12.2. The molecule has 3 rings (SSSR count). The summed E-state index contributed by atoms with van der Waals surface area (Å²) in [7, 11) is 3.26. The molecule has 1 saturated heterocycles. The van der Waals surface area contributed by atoms with E-state index in [1.807, 2.05) is 24.3 Å². The van der Waals surface area contributed by atoms with E-state index in [0.717, 1.165) is 24.4 Å². The number of ether oxygens (including phenoxy) is 4. The van der Waals surface area contributed by atoms with Crippen LogP contribution in [0.4, 0.5) is 0 Å². The number of hydrogen-bond donors (Lipinski definition) is 1. The van der Waals surface area contributed by atoms with Crippen molar-refractivity contribution in [2.75, 3.05) is 33.9 Å². The second kappa shape index (κ2) is 9.67. The molecule has 1 unspecified atom stereocenters. The van der Waals surface area contributed by atoms with Crippen LogP contribution in [0.2, 0.25) is 0 Å². The fourth-order valence-electron chi connectivity index (χ4n) is 2.99. The Balaban J connectivity index is 0.00000243. The van der Waals surface area contributed by atoms with Gasteiger partial charge in [-0.05, 0) is 24.6 Å². The Hall–Kier alpha value is -1.95. The van der Waals surface area contributed by atoms with Gasteiger partial charge >= 0.3 is 0 Å². The van der Waals surface area contributed by atoms with Gasteiger partial charge in [0.05, 0.1) is 20.8 Å². The average molecular weight is 380 g/mol. The fraction of sp³-hybridized carbons (Fsp3) is 0.400. The molecule has 142 valence electrons. The second-order valence-electron chi connectivity index (χ2n) is 6.08. The minimum Gasteiger partial charge on any atom is -0.497 e. The monoisotopic (exact) mass is 379 g/mol. The van der Waals surface area contributed by atoms with E-state index < -0.39 is 0 Å². The smallest absolute Gasteiger partial charge is 0.164 e. The summed E-state index contributed by atoms with van der Waals surface area (Å²) in [4.78, 5) is 0. The zero-order valence-electron chi connectivity index (χ0n) is 15.4. The van der Waals surface area contributed by atoms with E-state index in [1.165, 1.54) is 5.56 Å². The zero-order chi connectivity index (χ0) is 17.6.